The van der Waals surface area contributed by atoms with Crippen molar-refractivity contribution in [2.75, 3.05) is 5.75 Å². The zero-order chi connectivity index (χ0) is 34.2. The number of carbonyl (C=O) groups excluding carboxylic acids is 1. The van der Waals surface area contributed by atoms with Crippen molar-refractivity contribution in [1.29, 1.82) is 0 Å². The van der Waals surface area contributed by atoms with E-state index >= 15 is 0 Å². The molecule has 1 aromatic heterocycles. The second-order valence-electron chi connectivity index (χ2n) is 15.2. The molecule has 4 bridgehead atoms. The van der Waals surface area contributed by atoms with E-state index in [1.54, 1.807) is 18.1 Å². The first-order valence-corrected chi connectivity index (χ1v) is 19.0. The summed E-state index contributed by atoms with van der Waals surface area (Å²) in [6.45, 7) is 2.64. The van der Waals surface area contributed by atoms with E-state index in [9.17, 15) is 9.90 Å². The molecule has 10 heteroatoms. The Morgan fingerprint density at radius 3 is 2.30 bits per heavy atom. The van der Waals surface area contributed by atoms with E-state index in [4.69, 9.17) is 9.47 Å². The maximum Gasteiger partial charge on any atom is 0.315 e. The van der Waals surface area contributed by atoms with Gasteiger partial charge in [-0.3, -0.25) is 0 Å². The van der Waals surface area contributed by atoms with Gasteiger partial charge in [0.05, 0.1) is 18.8 Å². The van der Waals surface area contributed by atoms with Gasteiger partial charge in [0.25, 0.3) is 0 Å². The first-order valence-electron chi connectivity index (χ1n) is 18.1. The number of aliphatic hydroxyl groups is 1. The van der Waals surface area contributed by atoms with Crippen LogP contribution < -0.4 is 10.6 Å². The van der Waals surface area contributed by atoms with E-state index in [2.05, 4.69) is 70.2 Å². The van der Waals surface area contributed by atoms with Crippen LogP contribution in [0.5, 0.6) is 0 Å². The molecule has 4 aliphatic carbocycles. The summed E-state index contributed by atoms with van der Waals surface area (Å²) in [6.07, 6.45) is 8.33. The van der Waals surface area contributed by atoms with Gasteiger partial charge in [-0.25, -0.2) is 4.79 Å². The van der Waals surface area contributed by atoms with Gasteiger partial charge in [-0.05, 0) is 96.2 Å². The van der Waals surface area contributed by atoms with Gasteiger partial charge < -0.3 is 29.8 Å². The Labute approximate surface area is 298 Å². The second-order valence-corrected chi connectivity index (χ2v) is 16.2. The van der Waals surface area contributed by atoms with Crippen LogP contribution in [0.15, 0.2) is 84.3 Å². The van der Waals surface area contributed by atoms with E-state index in [1.807, 2.05) is 41.9 Å². The third kappa shape index (κ3) is 7.08. The number of hydrogen-bond donors (Lipinski definition) is 3. The van der Waals surface area contributed by atoms with Gasteiger partial charge in [0.2, 0.25) is 0 Å². The third-order valence-electron chi connectivity index (χ3n) is 11.5. The van der Waals surface area contributed by atoms with E-state index in [0.29, 0.717) is 12.3 Å². The molecular formula is C40H47N5O4S. The zero-order valence-corrected chi connectivity index (χ0v) is 29.6. The Morgan fingerprint density at radius 1 is 0.920 bits per heavy atom. The number of aromatic nitrogens is 3. The van der Waals surface area contributed by atoms with Crippen molar-refractivity contribution in [3.8, 4) is 11.1 Å². The Kier molecular flexibility index (Phi) is 9.46. The van der Waals surface area contributed by atoms with Crippen LogP contribution in [0.3, 0.4) is 0 Å². The molecule has 262 valence electrons. The number of ether oxygens (including phenoxy) is 2. The largest absolute Gasteiger partial charge is 0.392 e. The molecule has 0 radical (unpaired) electrons. The van der Waals surface area contributed by atoms with Crippen LogP contribution in [0, 0.1) is 23.7 Å². The van der Waals surface area contributed by atoms with Crippen LogP contribution in [-0.2, 0) is 29.7 Å². The Hall–Kier alpha value is -3.70. The molecule has 4 aromatic rings. The average molecular weight is 694 g/mol. The maximum absolute atomic E-state index is 13.1. The van der Waals surface area contributed by atoms with Crippen LogP contribution in [0.1, 0.15) is 80.1 Å². The van der Waals surface area contributed by atoms with E-state index < -0.39 is 6.29 Å². The molecule has 4 saturated carbocycles. The molecule has 2 heterocycles. The lowest BCUT2D eigenvalue weighted by atomic mass is 9.53. The van der Waals surface area contributed by atoms with Crippen LogP contribution in [0.4, 0.5) is 4.79 Å². The average Bonchev–Trinajstić information content (AvgIpc) is 3.54. The van der Waals surface area contributed by atoms with Gasteiger partial charge in [-0.2, -0.15) is 0 Å². The molecule has 50 heavy (non-hydrogen) atoms. The number of thioether (sulfide) groups is 1. The van der Waals surface area contributed by atoms with Crippen LogP contribution in [-0.4, -0.2) is 43.3 Å². The molecule has 5 fully saturated rings. The predicted molar refractivity (Wildman–Crippen MR) is 193 cm³/mol. The van der Waals surface area contributed by atoms with Gasteiger partial charge in [-0.1, -0.05) is 79.3 Å². The Balaban J connectivity index is 0.968. The number of nitrogens with one attached hydrogen (secondary N) is 2. The van der Waals surface area contributed by atoms with Crippen molar-refractivity contribution < 1.29 is 19.4 Å². The first kappa shape index (κ1) is 33.4. The fourth-order valence-corrected chi connectivity index (χ4v) is 10.4. The van der Waals surface area contributed by atoms with Crippen molar-refractivity contribution in [1.82, 2.24) is 25.4 Å². The molecule has 3 N–H and O–H groups in total. The van der Waals surface area contributed by atoms with Crippen molar-refractivity contribution in [2.24, 2.45) is 30.7 Å². The van der Waals surface area contributed by atoms with Gasteiger partial charge >= 0.3 is 6.03 Å². The lowest BCUT2D eigenvalue weighted by Gasteiger charge is -2.56. The number of aryl methyl sites for hydroxylation is 1. The molecular weight excluding hydrogens is 647 g/mol. The lowest BCUT2D eigenvalue weighted by Crippen LogP contribution is -2.61. The highest BCUT2D eigenvalue weighted by atomic mass is 32.2. The minimum absolute atomic E-state index is 0.00278. The number of aliphatic hydroxyl groups excluding tert-OH is 1. The van der Waals surface area contributed by atoms with Crippen molar-refractivity contribution >= 4 is 17.8 Å². The number of hydrogen-bond acceptors (Lipinski definition) is 7. The number of urea groups is 1. The molecule has 2 amide bonds. The molecule has 1 aliphatic heterocycles. The maximum atomic E-state index is 13.1. The standard InChI is InChI=1S/C40H47N5O4S/c1-25-35(23-50-39-44-42-24-45(39)2)48-37(49-36(25)31-11-9-26(22-46)10-12-31)34-8-4-7-33(17-34)32-6-3-5-27(16-32)21-41-38(47)43-40-18-28-13-29(19-40)15-30(14-28)20-40/h3-12,16-17,24-25,28-30,35-37,46H,13-15,18-23H2,1-2H3,(H2,41,43,47)/t25-,28?,29?,30?,35+,36+,37+,40?/m0/s1. The topological polar surface area (TPSA) is 111 Å². The number of nitrogens with zero attached hydrogens (tertiary/aromatic N) is 3. The fourth-order valence-electron chi connectivity index (χ4n) is 9.33. The number of amides is 2. The predicted octanol–water partition coefficient (Wildman–Crippen LogP) is 7.33. The summed E-state index contributed by atoms with van der Waals surface area (Å²) >= 11 is 1.63. The zero-order valence-electron chi connectivity index (χ0n) is 28.8. The first-order chi connectivity index (χ1) is 24.3. The van der Waals surface area contributed by atoms with E-state index in [-0.39, 0.29) is 36.3 Å². The van der Waals surface area contributed by atoms with Crippen LogP contribution in [0.25, 0.3) is 11.1 Å². The van der Waals surface area contributed by atoms with Gasteiger partial charge in [-0.15, -0.1) is 10.2 Å². The molecule has 5 aliphatic rings. The summed E-state index contributed by atoms with van der Waals surface area (Å²) in [5.74, 6) is 3.14. The highest BCUT2D eigenvalue weighted by molar-refractivity contribution is 7.99. The summed E-state index contributed by atoms with van der Waals surface area (Å²) in [7, 11) is 1.94. The summed E-state index contributed by atoms with van der Waals surface area (Å²) in [6, 6.07) is 24.7. The Bertz CT molecular complexity index is 1780. The summed E-state index contributed by atoms with van der Waals surface area (Å²) < 4.78 is 15.4. The normalized spacial score (nSPS) is 29.9. The monoisotopic (exact) mass is 693 g/mol. The molecule has 3 aromatic carbocycles. The third-order valence-corrected chi connectivity index (χ3v) is 12.6. The van der Waals surface area contributed by atoms with E-state index in [0.717, 1.165) is 75.6 Å². The molecule has 0 unspecified atom stereocenters. The van der Waals surface area contributed by atoms with Gasteiger partial charge in [0.15, 0.2) is 11.4 Å². The van der Waals surface area contributed by atoms with Crippen LogP contribution in [0.2, 0.25) is 0 Å². The summed E-state index contributed by atoms with van der Waals surface area (Å²) in [4.78, 5) is 13.1. The van der Waals surface area contributed by atoms with Gasteiger partial charge in [0, 0.05) is 36.4 Å². The van der Waals surface area contributed by atoms with Crippen molar-refractivity contribution in [2.45, 2.75) is 87.8 Å². The van der Waals surface area contributed by atoms with Crippen LogP contribution >= 0.6 is 11.8 Å². The summed E-state index contributed by atoms with van der Waals surface area (Å²) in [5.41, 5.74) is 6.05. The fraction of sp³-hybridized carbons (Fsp3) is 0.475. The number of rotatable bonds is 10. The molecule has 9 rings (SSSR count). The Morgan fingerprint density at radius 2 is 1.62 bits per heavy atom. The highest BCUT2D eigenvalue weighted by Crippen LogP contribution is 2.55. The van der Waals surface area contributed by atoms with Crippen molar-refractivity contribution in [3.05, 3.63) is 101 Å². The molecule has 4 atom stereocenters. The SMILES string of the molecule is C[C@H]1[C@@H](CSc2nncn2C)O[C@@H](c2cccc(-c3cccc(CNC(=O)NC45CC6CC(CC(C6)C4)C5)c3)c2)O[C@H]1c1ccc(CO)cc1. The van der Waals surface area contributed by atoms with E-state index in [1.165, 1.54) is 19.3 Å². The molecule has 9 nitrogen and oxygen atoms in total. The van der Waals surface area contributed by atoms with Crippen molar-refractivity contribution in [3.63, 3.8) is 0 Å². The summed E-state index contributed by atoms with van der Waals surface area (Å²) in [5, 5.41) is 25.3. The minimum atomic E-state index is -0.572. The number of carbonyl (C=O) groups is 1. The second kappa shape index (κ2) is 14.1. The van der Waals surface area contributed by atoms with Gasteiger partial charge in [0.1, 0.15) is 6.33 Å². The molecule has 1 saturated heterocycles. The minimum Gasteiger partial charge on any atom is -0.392 e. The lowest BCUT2D eigenvalue weighted by molar-refractivity contribution is -0.268. The smallest absolute Gasteiger partial charge is 0.315 e. The number of benzene rings is 3. The highest BCUT2D eigenvalue weighted by Gasteiger charge is 2.51. The quantitative estimate of drug-likeness (QED) is 0.149. The molecule has 0 spiro atoms.